The van der Waals surface area contributed by atoms with Gasteiger partial charge in [0, 0.05) is 13.1 Å². The molecule has 2 aliphatic rings. The number of carbonyl (C=O) groups is 3. The predicted octanol–water partition coefficient (Wildman–Crippen LogP) is 5.84. The second-order valence-corrected chi connectivity index (χ2v) is 11.2. The number of thioether (sulfide) groups is 1. The van der Waals surface area contributed by atoms with E-state index in [2.05, 4.69) is 50.1 Å². The summed E-state index contributed by atoms with van der Waals surface area (Å²) >= 11 is 7.98. The Labute approximate surface area is 235 Å². The Balaban J connectivity index is 1.29. The third-order valence-electron chi connectivity index (χ3n) is 6.10. The van der Waals surface area contributed by atoms with E-state index >= 15 is 0 Å². The number of hydrogen-bond donors (Lipinski definition) is 0. The number of amides is 3. The quantitative estimate of drug-likeness (QED) is 0.314. The summed E-state index contributed by atoms with van der Waals surface area (Å²) in [6, 6.07) is 17.9. The third-order valence-corrected chi connectivity index (χ3v) is 8.19. The second-order valence-electron chi connectivity index (χ2n) is 8.50. The van der Waals surface area contributed by atoms with Crippen LogP contribution >= 0.6 is 43.6 Å². The first kappa shape index (κ1) is 26.0. The average molecular weight is 646 g/mol. The SMILES string of the molecule is O=C(CN1C(=O)S/C(=C\c2cc(Br)c(OCc3cccc4ccccc34)c(Br)c2)C1=O)N1CCOCC1. The molecule has 3 amide bonds. The fraction of sp³-hybridized carbons (Fsp3) is 0.222. The van der Waals surface area contributed by atoms with Crippen molar-refractivity contribution in [1.82, 2.24) is 9.80 Å². The molecule has 0 spiro atoms. The third kappa shape index (κ3) is 5.77. The van der Waals surface area contributed by atoms with Crippen LogP contribution in [-0.4, -0.2) is 59.7 Å². The molecule has 0 N–H and O–H groups in total. The maximum atomic E-state index is 12.9. The summed E-state index contributed by atoms with van der Waals surface area (Å²) in [4.78, 5) is 40.8. The molecule has 0 saturated carbocycles. The maximum Gasteiger partial charge on any atom is 0.294 e. The first-order valence-electron chi connectivity index (χ1n) is 11.6. The molecule has 0 unspecified atom stereocenters. The number of imide groups is 1. The Kier molecular flexibility index (Phi) is 7.99. The molecule has 2 saturated heterocycles. The number of benzene rings is 3. The van der Waals surface area contributed by atoms with Crippen LogP contribution in [-0.2, 0) is 20.9 Å². The van der Waals surface area contributed by atoms with Crippen LogP contribution < -0.4 is 4.74 Å². The van der Waals surface area contributed by atoms with Gasteiger partial charge >= 0.3 is 0 Å². The van der Waals surface area contributed by atoms with Crippen LogP contribution in [0, 0.1) is 0 Å². The Morgan fingerprint density at radius 2 is 1.73 bits per heavy atom. The normalized spacial score (nSPS) is 17.2. The molecule has 37 heavy (non-hydrogen) atoms. The Hall–Kier alpha value is -2.66. The van der Waals surface area contributed by atoms with Gasteiger partial charge < -0.3 is 14.4 Å². The highest BCUT2D eigenvalue weighted by molar-refractivity contribution is 9.11. The second kappa shape index (κ2) is 11.4. The van der Waals surface area contributed by atoms with Gasteiger partial charge in [0.25, 0.3) is 11.1 Å². The first-order valence-corrected chi connectivity index (χ1v) is 14.0. The minimum absolute atomic E-state index is 0.259. The van der Waals surface area contributed by atoms with Gasteiger partial charge in [-0.15, -0.1) is 0 Å². The van der Waals surface area contributed by atoms with Gasteiger partial charge in [0.05, 0.1) is 27.1 Å². The summed E-state index contributed by atoms with van der Waals surface area (Å²) in [7, 11) is 0. The minimum Gasteiger partial charge on any atom is -0.487 e. The van der Waals surface area contributed by atoms with Gasteiger partial charge in [0.1, 0.15) is 18.9 Å². The van der Waals surface area contributed by atoms with Crippen LogP contribution in [0.5, 0.6) is 5.75 Å². The summed E-state index contributed by atoms with van der Waals surface area (Å²) in [6.45, 7) is 1.95. The van der Waals surface area contributed by atoms with Crippen molar-refractivity contribution in [1.29, 1.82) is 0 Å². The summed E-state index contributed by atoms with van der Waals surface area (Å²) in [5.41, 5.74) is 1.78. The molecule has 3 aromatic carbocycles. The van der Waals surface area contributed by atoms with Gasteiger partial charge in [0.15, 0.2) is 0 Å². The lowest BCUT2D eigenvalue weighted by molar-refractivity contribution is -0.139. The van der Waals surface area contributed by atoms with Crippen molar-refractivity contribution < 1.29 is 23.9 Å². The molecule has 2 aliphatic heterocycles. The number of fused-ring (bicyclic) bond motifs is 1. The van der Waals surface area contributed by atoms with Crippen molar-refractivity contribution in [3.8, 4) is 5.75 Å². The smallest absolute Gasteiger partial charge is 0.294 e. The van der Waals surface area contributed by atoms with E-state index in [1.54, 1.807) is 11.0 Å². The monoisotopic (exact) mass is 644 g/mol. The molecule has 10 heteroatoms. The predicted molar refractivity (Wildman–Crippen MR) is 150 cm³/mol. The van der Waals surface area contributed by atoms with Crippen LogP contribution in [0.25, 0.3) is 16.8 Å². The number of morpholine rings is 1. The van der Waals surface area contributed by atoms with E-state index in [1.165, 1.54) is 0 Å². The van der Waals surface area contributed by atoms with Crippen molar-refractivity contribution in [2.24, 2.45) is 0 Å². The first-order chi connectivity index (χ1) is 17.9. The Bertz CT molecular complexity index is 1390. The van der Waals surface area contributed by atoms with Crippen LogP contribution in [0.2, 0.25) is 0 Å². The van der Waals surface area contributed by atoms with Crippen molar-refractivity contribution in [2.45, 2.75) is 6.61 Å². The van der Waals surface area contributed by atoms with E-state index in [-0.39, 0.29) is 17.4 Å². The highest BCUT2D eigenvalue weighted by Crippen LogP contribution is 2.38. The average Bonchev–Trinajstić information content (AvgIpc) is 3.16. The molecule has 7 nitrogen and oxygen atoms in total. The standard InChI is InChI=1S/C27H22Br2N2O5S/c28-21-12-17(13-22(29)25(21)36-16-19-6-3-5-18-4-1-2-7-20(18)19)14-23-26(33)31(27(34)37-23)15-24(32)30-8-10-35-11-9-30/h1-7,12-14H,8-11,15-16H2/b23-14-. The lowest BCUT2D eigenvalue weighted by Gasteiger charge is -2.28. The molecule has 2 fully saturated rings. The molecule has 3 aromatic rings. The summed E-state index contributed by atoms with van der Waals surface area (Å²) in [5, 5.41) is 1.83. The summed E-state index contributed by atoms with van der Waals surface area (Å²) < 4.78 is 12.8. The number of hydrogen-bond acceptors (Lipinski definition) is 6. The zero-order valence-electron chi connectivity index (χ0n) is 19.6. The molecule has 0 radical (unpaired) electrons. The molecule has 2 heterocycles. The number of halogens is 2. The largest absolute Gasteiger partial charge is 0.487 e. The van der Waals surface area contributed by atoms with Crippen molar-refractivity contribution in [2.75, 3.05) is 32.8 Å². The van der Waals surface area contributed by atoms with E-state index in [4.69, 9.17) is 9.47 Å². The maximum absolute atomic E-state index is 12.9. The summed E-state index contributed by atoms with van der Waals surface area (Å²) in [5.74, 6) is -0.0977. The molecule has 190 valence electrons. The molecular weight excluding hydrogens is 624 g/mol. The Morgan fingerprint density at radius 1 is 1.03 bits per heavy atom. The van der Waals surface area contributed by atoms with E-state index in [0.717, 1.165) is 33.0 Å². The van der Waals surface area contributed by atoms with Gasteiger partial charge in [-0.3, -0.25) is 19.3 Å². The van der Waals surface area contributed by atoms with Crippen LogP contribution in [0.15, 0.2) is 68.4 Å². The topological polar surface area (TPSA) is 76.2 Å². The van der Waals surface area contributed by atoms with Gasteiger partial charge in [-0.25, -0.2) is 0 Å². The number of rotatable bonds is 6. The zero-order chi connectivity index (χ0) is 25.9. The molecule has 0 bridgehead atoms. The van der Waals surface area contributed by atoms with Crippen molar-refractivity contribution in [3.63, 3.8) is 0 Å². The molecule has 5 rings (SSSR count). The lowest BCUT2D eigenvalue weighted by Crippen LogP contribution is -2.46. The van der Waals surface area contributed by atoms with Crippen molar-refractivity contribution in [3.05, 3.63) is 79.6 Å². The molecule has 0 atom stereocenters. The zero-order valence-corrected chi connectivity index (χ0v) is 23.6. The van der Waals surface area contributed by atoms with E-state index in [9.17, 15) is 14.4 Å². The molecule has 0 aliphatic carbocycles. The van der Waals surface area contributed by atoms with Crippen LogP contribution in [0.4, 0.5) is 4.79 Å². The lowest BCUT2D eigenvalue weighted by atomic mass is 10.1. The highest BCUT2D eigenvalue weighted by atomic mass is 79.9. The van der Waals surface area contributed by atoms with Crippen molar-refractivity contribution >= 4 is 77.5 Å². The van der Waals surface area contributed by atoms with Gasteiger partial charge in [-0.05, 0) is 83.7 Å². The van der Waals surface area contributed by atoms with Crippen LogP contribution in [0.1, 0.15) is 11.1 Å². The van der Waals surface area contributed by atoms with E-state index < -0.39 is 11.1 Å². The van der Waals surface area contributed by atoms with Crippen LogP contribution in [0.3, 0.4) is 0 Å². The fourth-order valence-corrected chi connectivity index (χ4v) is 6.49. The van der Waals surface area contributed by atoms with E-state index in [1.807, 2.05) is 36.4 Å². The fourth-order valence-electron chi connectivity index (χ4n) is 4.20. The van der Waals surface area contributed by atoms with E-state index in [0.29, 0.717) is 53.2 Å². The number of carbonyl (C=O) groups excluding carboxylic acids is 3. The van der Waals surface area contributed by atoms with Gasteiger partial charge in [-0.2, -0.15) is 0 Å². The Morgan fingerprint density at radius 3 is 2.49 bits per heavy atom. The minimum atomic E-state index is -0.472. The van der Waals surface area contributed by atoms with Gasteiger partial charge in [-0.1, -0.05) is 42.5 Å². The number of nitrogens with zero attached hydrogens (tertiary/aromatic N) is 2. The summed E-state index contributed by atoms with van der Waals surface area (Å²) in [6.07, 6.45) is 1.65. The van der Waals surface area contributed by atoms with Gasteiger partial charge in [0.2, 0.25) is 5.91 Å². The number of ether oxygens (including phenoxy) is 2. The molecular formula is C27H22Br2N2O5S. The molecule has 0 aromatic heterocycles. The highest BCUT2D eigenvalue weighted by Gasteiger charge is 2.37.